The van der Waals surface area contributed by atoms with E-state index in [9.17, 15) is 0 Å². The van der Waals surface area contributed by atoms with Gasteiger partial charge in [0.15, 0.2) is 0 Å². The maximum absolute atomic E-state index is 7.83. The van der Waals surface area contributed by atoms with Crippen LogP contribution in [0.5, 0.6) is 0 Å². The van der Waals surface area contributed by atoms with Crippen LogP contribution in [0.3, 0.4) is 0 Å². The van der Waals surface area contributed by atoms with E-state index in [2.05, 4.69) is 11.8 Å². The molecule has 1 heterocycles. The summed E-state index contributed by atoms with van der Waals surface area (Å²) >= 11 is 0. The van der Waals surface area contributed by atoms with Gasteiger partial charge < -0.3 is 9.64 Å². The molecule has 1 rings (SSSR count). The van der Waals surface area contributed by atoms with Crippen LogP contribution >= 0.6 is 0 Å². The lowest BCUT2D eigenvalue weighted by Crippen LogP contribution is -2.49. The Labute approximate surface area is 86.3 Å². The van der Waals surface area contributed by atoms with Gasteiger partial charge in [0.2, 0.25) is 0 Å². The minimum atomic E-state index is -0.0368. The van der Waals surface area contributed by atoms with Gasteiger partial charge in [-0.05, 0) is 13.0 Å². The summed E-state index contributed by atoms with van der Waals surface area (Å²) in [6.07, 6.45) is 1.13. The predicted molar refractivity (Wildman–Crippen MR) is 57.9 cm³/mol. The SMILES string of the molecule is CCCN1CCOC(C(=N)N(C)C)C1. The van der Waals surface area contributed by atoms with E-state index < -0.39 is 0 Å². The van der Waals surface area contributed by atoms with Crippen LogP contribution in [-0.4, -0.2) is 62.1 Å². The molecule has 4 nitrogen and oxygen atoms in total. The first-order valence-electron chi connectivity index (χ1n) is 5.25. The molecule has 1 atom stereocenters. The molecular weight excluding hydrogens is 178 g/mol. The van der Waals surface area contributed by atoms with Crippen molar-refractivity contribution >= 4 is 5.84 Å². The number of morpholine rings is 1. The van der Waals surface area contributed by atoms with Crippen molar-refractivity contribution in [1.29, 1.82) is 5.41 Å². The Morgan fingerprint density at radius 3 is 2.86 bits per heavy atom. The largest absolute Gasteiger partial charge is 0.368 e. The fourth-order valence-electron chi connectivity index (χ4n) is 1.68. The van der Waals surface area contributed by atoms with Crippen molar-refractivity contribution in [3.05, 3.63) is 0 Å². The normalized spacial score (nSPS) is 23.5. The fourth-order valence-corrected chi connectivity index (χ4v) is 1.68. The van der Waals surface area contributed by atoms with Gasteiger partial charge >= 0.3 is 0 Å². The summed E-state index contributed by atoms with van der Waals surface area (Å²) in [6.45, 7) is 5.92. The molecule has 0 amide bonds. The standard InChI is InChI=1S/C10H21N3O/c1-4-5-13-6-7-14-9(8-13)10(11)12(2)3/h9,11H,4-8H2,1-3H3. The molecule has 1 aliphatic heterocycles. The molecule has 1 aliphatic rings. The molecule has 0 bridgehead atoms. The van der Waals surface area contributed by atoms with Crippen molar-refractivity contribution in [2.45, 2.75) is 19.4 Å². The van der Waals surface area contributed by atoms with Gasteiger partial charge in [0.1, 0.15) is 11.9 Å². The van der Waals surface area contributed by atoms with E-state index in [0.29, 0.717) is 5.84 Å². The van der Waals surface area contributed by atoms with E-state index in [1.807, 2.05) is 19.0 Å². The number of likely N-dealkylation sites (N-methyl/N-ethyl adjacent to an activating group) is 1. The van der Waals surface area contributed by atoms with Crippen LogP contribution in [0.15, 0.2) is 0 Å². The maximum Gasteiger partial charge on any atom is 0.127 e. The second kappa shape index (κ2) is 5.32. The Morgan fingerprint density at radius 1 is 1.57 bits per heavy atom. The summed E-state index contributed by atoms with van der Waals surface area (Å²) < 4.78 is 5.57. The summed E-state index contributed by atoms with van der Waals surface area (Å²) in [5, 5.41) is 7.83. The Hall–Kier alpha value is -0.610. The van der Waals surface area contributed by atoms with Crippen molar-refractivity contribution in [2.24, 2.45) is 0 Å². The van der Waals surface area contributed by atoms with Crippen LogP contribution in [0, 0.1) is 5.41 Å². The van der Waals surface area contributed by atoms with Gasteiger partial charge in [-0.2, -0.15) is 0 Å². The highest BCUT2D eigenvalue weighted by Gasteiger charge is 2.24. The van der Waals surface area contributed by atoms with Crippen molar-refractivity contribution in [2.75, 3.05) is 40.3 Å². The number of amidine groups is 1. The average Bonchev–Trinajstić information content (AvgIpc) is 2.17. The maximum atomic E-state index is 7.83. The topological polar surface area (TPSA) is 39.6 Å². The van der Waals surface area contributed by atoms with E-state index in [1.165, 1.54) is 6.42 Å². The van der Waals surface area contributed by atoms with Crippen molar-refractivity contribution in [3.63, 3.8) is 0 Å². The second-order valence-corrected chi connectivity index (χ2v) is 3.94. The van der Waals surface area contributed by atoms with E-state index in [1.54, 1.807) is 0 Å². The van der Waals surface area contributed by atoms with Crippen LogP contribution in [0.1, 0.15) is 13.3 Å². The van der Waals surface area contributed by atoms with Crippen LogP contribution in [0.25, 0.3) is 0 Å². The molecule has 1 saturated heterocycles. The van der Waals surface area contributed by atoms with E-state index >= 15 is 0 Å². The number of ether oxygens (including phenoxy) is 1. The highest BCUT2D eigenvalue weighted by Crippen LogP contribution is 2.07. The highest BCUT2D eigenvalue weighted by molar-refractivity contribution is 5.83. The zero-order chi connectivity index (χ0) is 10.6. The molecule has 0 aromatic carbocycles. The molecule has 1 N–H and O–H groups in total. The van der Waals surface area contributed by atoms with Gasteiger partial charge in [0.25, 0.3) is 0 Å². The van der Waals surface area contributed by atoms with Gasteiger partial charge in [-0.1, -0.05) is 6.92 Å². The van der Waals surface area contributed by atoms with Crippen LogP contribution in [0.2, 0.25) is 0 Å². The first kappa shape index (κ1) is 11.5. The molecule has 82 valence electrons. The third-order valence-electron chi connectivity index (χ3n) is 2.48. The smallest absolute Gasteiger partial charge is 0.127 e. The van der Waals surface area contributed by atoms with Crippen molar-refractivity contribution < 1.29 is 4.74 Å². The zero-order valence-corrected chi connectivity index (χ0v) is 9.42. The molecule has 4 heteroatoms. The number of hydrogen-bond acceptors (Lipinski definition) is 3. The first-order valence-corrected chi connectivity index (χ1v) is 5.25. The Bertz CT molecular complexity index is 192. The third-order valence-corrected chi connectivity index (χ3v) is 2.48. The summed E-state index contributed by atoms with van der Waals surface area (Å²) in [4.78, 5) is 4.19. The number of rotatable bonds is 3. The van der Waals surface area contributed by atoms with Gasteiger partial charge in [-0.25, -0.2) is 0 Å². The molecule has 0 aromatic rings. The predicted octanol–water partition coefficient (Wildman–Crippen LogP) is 0.636. The van der Waals surface area contributed by atoms with Crippen LogP contribution in [-0.2, 0) is 4.74 Å². The molecule has 1 unspecified atom stereocenters. The van der Waals surface area contributed by atoms with Crippen LogP contribution < -0.4 is 0 Å². The first-order chi connectivity index (χ1) is 6.65. The Kier molecular flexibility index (Phi) is 4.35. The minimum Gasteiger partial charge on any atom is -0.368 e. The van der Waals surface area contributed by atoms with Gasteiger partial charge in [-0.3, -0.25) is 10.3 Å². The number of hydrogen-bond donors (Lipinski definition) is 1. The van der Waals surface area contributed by atoms with Gasteiger partial charge in [-0.15, -0.1) is 0 Å². The Balaban J connectivity index is 2.43. The van der Waals surface area contributed by atoms with E-state index in [0.717, 1.165) is 26.2 Å². The lowest BCUT2D eigenvalue weighted by Gasteiger charge is -2.34. The zero-order valence-electron chi connectivity index (χ0n) is 9.42. The second-order valence-electron chi connectivity index (χ2n) is 3.94. The minimum absolute atomic E-state index is 0.0368. The summed E-state index contributed by atoms with van der Waals surface area (Å²) in [7, 11) is 3.79. The molecule has 14 heavy (non-hydrogen) atoms. The monoisotopic (exact) mass is 199 g/mol. The fraction of sp³-hybridized carbons (Fsp3) is 0.900. The lowest BCUT2D eigenvalue weighted by molar-refractivity contribution is 0.00195. The van der Waals surface area contributed by atoms with Crippen molar-refractivity contribution in [1.82, 2.24) is 9.80 Å². The molecule has 0 saturated carbocycles. The molecular formula is C10H21N3O. The molecule has 0 radical (unpaired) electrons. The summed E-state index contributed by atoms with van der Waals surface area (Å²) in [5.41, 5.74) is 0. The number of nitrogens with one attached hydrogen (secondary N) is 1. The number of nitrogens with zero attached hydrogens (tertiary/aromatic N) is 2. The van der Waals surface area contributed by atoms with Gasteiger partial charge in [0.05, 0.1) is 6.61 Å². The molecule has 0 aliphatic carbocycles. The lowest BCUT2D eigenvalue weighted by atomic mass is 10.2. The summed E-state index contributed by atoms with van der Waals surface area (Å²) in [5.74, 6) is 0.575. The summed E-state index contributed by atoms with van der Waals surface area (Å²) in [6, 6.07) is 0. The van der Waals surface area contributed by atoms with E-state index in [-0.39, 0.29) is 6.10 Å². The highest BCUT2D eigenvalue weighted by atomic mass is 16.5. The van der Waals surface area contributed by atoms with E-state index in [4.69, 9.17) is 10.1 Å². The quantitative estimate of drug-likeness (QED) is 0.535. The van der Waals surface area contributed by atoms with Crippen LogP contribution in [0.4, 0.5) is 0 Å². The Morgan fingerprint density at radius 2 is 2.29 bits per heavy atom. The molecule has 1 fully saturated rings. The van der Waals surface area contributed by atoms with Gasteiger partial charge in [0, 0.05) is 27.2 Å². The average molecular weight is 199 g/mol. The molecule has 0 aromatic heterocycles. The molecule has 0 spiro atoms. The van der Waals surface area contributed by atoms with Crippen molar-refractivity contribution in [3.8, 4) is 0 Å². The third kappa shape index (κ3) is 2.96.